The molecule has 1 atom stereocenters. The van der Waals surface area contributed by atoms with E-state index in [1.54, 1.807) is 61.5 Å². The predicted molar refractivity (Wildman–Crippen MR) is 161 cm³/mol. The number of hydrogen-bond acceptors (Lipinski definition) is 4. The molecule has 0 unspecified atom stereocenters. The number of nitrogens with one attached hydrogen (secondary N) is 1. The van der Waals surface area contributed by atoms with Crippen molar-refractivity contribution in [3.8, 4) is 0 Å². The summed E-state index contributed by atoms with van der Waals surface area (Å²) in [6.45, 7) is 7.42. The number of hydrogen-bond donors (Lipinski definition) is 1. The molecule has 0 aliphatic carbocycles. The number of amides is 2. The van der Waals surface area contributed by atoms with Crippen molar-refractivity contribution in [2.45, 2.75) is 51.6 Å². The third-order valence-electron chi connectivity index (χ3n) is 6.36. The van der Waals surface area contributed by atoms with E-state index in [1.165, 1.54) is 17.0 Å². The topological polar surface area (TPSA) is 86.8 Å². The molecule has 0 aliphatic rings. The quantitative estimate of drug-likeness (QED) is 0.272. The standard InChI is InChI=1S/C30H35Cl2N3O4S/c1-5-28(30(37)33-18-21(2)3)34(19-25-26(31)15-10-16-27(25)32)29(36)20-35(23-12-9-11-22(4)17-23)40(38,39)24-13-7-6-8-14-24/h6-17,21,28H,5,18-20H2,1-4H3,(H,33,37)/t28-/m1/s1. The highest BCUT2D eigenvalue weighted by atomic mass is 35.5. The molecule has 0 aliphatic heterocycles. The monoisotopic (exact) mass is 603 g/mol. The molecule has 214 valence electrons. The van der Waals surface area contributed by atoms with Gasteiger partial charge in [-0.3, -0.25) is 13.9 Å². The van der Waals surface area contributed by atoms with Crippen molar-refractivity contribution in [1.82, 2.24) is 10.2 Å². The van der Waals surface area contributed by atoms with Crippen molar-refractivity contribution in [2.75, 3.05) is 17.4 Å². The minimum Gasteiger partial charge on any atom is -0.354 e. The lowest BCUT2D eigenvalue weighted by Gasteiger charge is -2.33. The minimum atomic E-state index is -4.13. The first-order valence-electron chi connectivity index (χ1n) is 13.1. The summed E-state index contributed by atoms with van der Waals surface area (Å²) in [5.41, 5.74) is 1.64. The Balaban J connectivity index is 2.08. The SMILES string of the molecule is CC[C@H](C(=O)NCC(C)C)N(Cc1c(Cl)cccc1Cl)C(=O)CN(c1cccc(C)c1)S(=O)(=O)c1ccccc1. The Labute approximate surface area is 247 Å². The molecule has 0 bridgehead atoms. The van der Waals surface area contributed by atoms with Gasteiger partial charge in [0.1, 0.15) is 12.6 Å². The van der Waals surface area contributed by atoms with Gasteiger partial charge in [-0.15, -0.1) is 0 Å². The van der Waals surface area contributed by atoms with Crippen LogP contribution in [0.25, 0.3) is 0 Å². The highest BCUT2D eigenvalue weighted by Gasteiger charge is 2.34. The molecule has 0 fully saturated rings. The molecule has 2 amide bonds. The number of anilines is 1. The number of carbonyl (C=O) groups excluding carboxylic acids is 2. The van der Waals surface area contributed by atoms with Gasteiger partial charge in [-0.05, 0) is 61.2 Å². The number of halogens is 2. The third-order valence-corrected chi connectivity index (χ3v) is 8.86. The van der Waals surface area contributed by atoms with Crippen LogP contribution in [-0.4, -0.2) is 44.3 Å². The van der Waals surface area contributed by atoms with Crippen LogP contribution in [0.3, 0.4) is 0 Å². The van der Waals surface area contributed by atoms with Gasteiger partial charge in [0.2, 0.25) is 11.8 Å². The number of benzene rings is 3. The van der Waals surface area contributed by atoms with E-state index in [0.717, 1.165) is 9.87 Å². The normalized spacial score (nSPS) is 12.2. The van der Waals surface area contributed by atoms with E-state index in [1.807, 2.05) is 26.8 Å². The van der Waals surface area contributed by atoms with Gasteiger partial charge in [0.05, 0.1) is 10.6 Å². The summed E-state index contributed by atoms with van der Waals surface area (Å²) in [7, 11) is -4.13. The van der Waals surface area contributed by atoms with Crippen molar-refractivity contribution in [3.63, 3.8) is 0 Å². The van der Waals surface area contributed by atoms with Crippen LogP contribution in [0.15, 0.2) is 77.7 Å². The fraction of sp³-hybridized carbons (Fsp3) is 0.333. The Bertz CT molecular complexity index is 1410. The van der Waals surface area contributed by atoms with Crippen LogP contribution in [0.4, 0.5) is 5.69 Å². The van der Waals surface area contributed by atoms with Crippen molar-refractivity contribution in [1.29, 1.82) is 0 Å². The lowest BCUT2D eigenvalue weighted by Crippen LogP contribution is -2.52. The van der Waals surface area contributed by atoms with E-state index in [-0.39, 0.29) is 23.3 Å². The van der Waals surface area contributed by atoms with E-state index in [2.05, 4.69) is 5.32 Å². The lowest BCUT2D eigenvalue weighted by atomic mass is 10.1. The van der Waals surface area contributed by atoms with Crippen LogP contribution in [0.5, 0.6) is 0 Å². The molecular formula is C30H35Cl2N3O4S. The maximum atomic E-state index is 14.1. The summed E-state index contributed by atoms with van der Waals surface area (Å²) in [4.78, 5) is 28.8. The zero-order valence-corrected chi connectivity index (χ0v) is 25.4. The van der Waals surface area contributed by atoms with Gasteiger partial charge in [0, 0.05) is 28.7 Å². The Kier molecular flexibility index (Phi) is 11.0. The Hall–Kier alpha value is -3.07. The van der Waals surface area contributed by atoms with Gasteiger partial charge in [-0.25, -0.2) is 8.42 Å². The molecule has 0 heterocycles. The minimum absolute atomic E-state index is 0.0479. The van der Waals surface area contributed by atoms with Crippen LogP contribution in [0.1, 0.15) is 38.3 Å². The molecule has 0 saturated heterocycles. The highest BCUT2D eigenvalue weighted by molar-refractivity contribution is 7.92. The number of nitrogens with zero attached hydrogens (tertiary/aromatic N) is 2. The average Bonchev–Trinajstić information content (AvgIpc) is 2.92. The highest BCUT2D eigenvalue weighted by Crippen LogP contribution is 2.29. The first-order chi connectivity index (χ1) is 18.9. The van der Waals surface area contributed by atoms with Crippen molar-refractivity contribution >= 4 is 50.7 Å². The largest absolute Gasteiger partial charge is 0.354 e. The summed E-state index contributed by atoms with van der Waals surface area (Å²) >= 11 is 12.9. The van der Waals surface area contributed by atoms with Crippen molar-refractivity contribution in [2.24, 2.45) is 5.92 Å². The summed E-state index contributed by atoms with van der Waals surface area (Å²) in [5, 5.41) is 3.59. The number of aryl methyl sites for hydroxylation is 1. The summed E-state index contributed by atoms with van der Waals surface area (Å²) in [5.74, 6) is -0.694. The molecule has 3 aromatic carbocycles. The molecule has 0 radical (unpaired) electrons. The molecule has 40 heavy (non-hydrogen) atoms. The maximum Gasteiger partial charge on any atom is 0.264 e. The second kappa shape index (κ2) is 14.0. The van der Waals surface area contributed by atoms with Gasteiger partial charge >= 0.3 is 0 Å². The molecular weight excluding hydrogens is 569 g/mol. The zero-order chi connectivity index (χ0) is 29.4. The summed E-state index contributed by atoms with van der Waals surface area (Å²) in [6, 6.07) is 19.0. The molecule has 0 spiro atoms. The lowest BCUT2D eigenvalue weighted by molar-refractivity contribution is -0.140. The molecule has 3 rings (SSSR count). The van der Waals surface area contributed by atoms with E-state index in [0.29, 0.717) is 34.3 Å². The van der Waals surface area contributed by atoms with Gasteiger partial charge in [0.25, 0.3) is 10.0 Å². The Morgan fingerprint density at radius 2 is 1.55 bits per heavy atom. The smallest absolute Gasteiger partial charge is 0.264 e. The summed E-state index contributed by atoms with van der Waals surface area (Å²) in [6.07, 6.45) is 0.299. The van der Waals surface area contributed by atoms with Crippen molar-refractivity contribution in [3.05, 3.63) is 94.0 Å². The second-order valence-corrected chi connectivity index (χ2v) is 12.6. The van der Waals surface area contributed by atoms with Crippen LogP contribution in [0.2, 0.25) is 10.0 Å². The van der Waals surface area contributed by atoms with Crippen LogP contribution in [0, 0.1) is 12.8 Å². The van der Waals surface area contributed by atoms with Gasteiger partial charge < -0.3 is 10.2 Å². The molecule has 3 aromatic rings. The first kappa shape index (κ1) is 31.5. The van der Waals surface area contributed by atoms with Crippen LogP contribution < -0.4 is 9.62 Å². The molecule has 10 heteroatoms. The fourth-order valence-corrected chi connectivity index (χ4v) is 6.17. The second-order valence-electron chi connectivity index (χ2n) is 9.95. The molecule has 0 aromatic heterocycles. The van der Waals surface area contributed by atoms with E-state index in [9.17, 15) is 18.0 Å². The van der Waals surface area contributed by atoms with Crippen LogP contribution in [-0.2, 0) is 26.2 Å². The van der Waals surface area contributed by atoms with E-state index in [4.69, 9.17) is 23.2 Å². The zero-order valence-electron chi connectivity index (χ0n) is 23.1. The Morgan fingerprint density at radius 3 is 2.12 bits per heavy atom. The van der Waals surface area contributed by atoms with Gasteiger partial charge in [-0.1, -0.05) is 80.4 Å². The Morgan fingerprint density at radius 1 is 0.925 bits per heavy atom. The van der Waals surface area contributed by atoms with Gasteiger partial charge in [0.15, 0.2) is 0 Å². The van der Waals surface area contributed by atoms with Crippen molar-refractivity contribution < 1.29 is 18.0 Å². The predicted octanol–water partition coefficient (Wildman–Crippen LogP) is 6.08. The van der Waals surface area contributed by atoms with E-state index >= 15 is 0 Å². The third kappa shape index (κ3) is 7.77. The summed E-state index contributed by atoms with van der Waals surface area (Å²) < 4.78 is 28.8. The maximum absolute atomic E-state index is 14.1. The molecule has 0 saturated carbocycles. The number of sulfonamides is 1. The number of carbonyl (C=O) groups is 2. The number of rotatable bonds is 12. The van der Waals surface area contributed by atoms with Gasteiger partial charge in [-0.2, -0.15) is 0 Å². The molecule has 1 N–H and O–H groups in total. The first-order valence-corrected chi connectivity index (χ1v) is 15.3. The van der Waals surface area contributed by atoms with Crippen LogP contribution >= 0.6 is 23.2 Å². The fourth-order valence-electron chi connectivity index (χ4n) is 4.23. The molecule has 7 nitrogen and oxygen atoms in total. The van der Waals surface area contributed by atoms with E-state index < -0.39 is 28.5 Å². The average molecular weight is 605 g/mol.